The van der Waals surface area contributed by atoms with Gasteiger partial charge in [0, 0.05) is 25.7 Å². The van der Waals surface area contributed by atoms with E-state index in [9.17, 15) is 43.2 Å². The molecule has 0 aromatic carbocycles. The van der Waals surface area contributed by atoms with Gasteiger partial charge in [-0.15, -0.1) is 0 Å². The van der Waals surface area contributed by atoms with Crippen LogP contribution in [0.4, 0.5) is 0 Å². The van der Waals surface area contributed by atoms with E-state index in [2.05, 4.69) is 55.4 Å². The van der Waals surface area contributed by atoms with Gasteiger partial charge in [-0.05, 0) is 49.4 Å². The number of hydrogen-bond acceptors (Lipinski definition) is 15. The zero-order valence-electron chi connectivity index (χ0n) is 63.7. The Morgan fingerprint density at radius 2 is 0.495 bits per heavy atom. The maximum Gasteiger partial charge on any atom is 0.472 e. The molecule has 0 saturated carbocycles. The molecule has 17 nitrogen and oxygen atoms in total. The summed E-state index contributed by atoms with van der Waals surface area (Å²) in [6.45, 7) is 14.2. The van der Waals surface area contributed by atoms with Crippen LogP contribution in [0.15, 0.2) is 0 Å². The number of phosphoric ester groups is 2. The second-order valence-electron chi connectivity index (χ2n) is 29.5. The van der Waals surface area contributed by atoms with Gasteiger partial charge >= 0.3 is 39.5 Å². The van der Waals surface area contributed by atoms with E-state index in [0.717, 1.165) is 120 Å². The van der Waals surface area contributed by atoms with E-state index in [1.54, 1.807) is 0 Å². The maximum absolute atomic E-state index is 13.1. The van der Waals surface area contributed by atoms with E-state index in [-0.39, 0.29) is 25.7 Å². The molecule has 0 aliphatic carbocycles. The smallest absolute Gasteiger partial charge is 0.462 e. The van der Waals surface area contributed by atoms with Crippen LogP contribution in [0.3, 0.4) is 0 Å². The van der Waals surface area contributed by atoms with Crippen LogP contribution in [0.2, 0.25) is 0 Å². The van der Waals surface area contributed by atoms with Crippen molar-refractivity contribution in [3.8, 4) is 0 Å². The lowest BCUT2D eigenvalue weighted by molar-refractivity contribution is -0.161. The molecular formula is C78H152O17P2. The highest BCUT2D eigenvalue weighted by molar-refractivity contribution is 7.47. The number of rotatable bonds is 75. The fraction of sp³-hybridized carbons (Fsp3) is 0.949. The minimum absolute atomic E-state index is 0.104. The number of aliphatic hydroxyl groups excluding tert-OH is 1. The number of esters is 4. The second kappa shape index (κ2) is 67.2. The van der Waals surface area contributed by atoms with E-state index in [1.807, 2.05) is 0 Å². The van der Waals surface area contributed by atoms with Crippen molar-refractivity contribution in [2.24, 2.45) is 23.7 Å². The Morgan fingerprint density at radius 3 is 0.732 bits per heavy atom. The molecule has 576 valence electrons. The molecule has 0 heterocycles. The summed E-state index contributed by atoms with van der Waals surface area (Å²) in [5, 5.41) is 10.6. The van der Waals surface area contributed by atoms with E-state index >= 15 is 0 Å². The Bertz CT molecular complexity index is 1910. The van der Waals surface area contributed by atoms with Gasteiger partial charge in [-0.1, -0.05) is 344 Å². The van der Waals surface area contributed by atoms with Crippen LogP contribution in [0.25, 0.3) is 0 Å². The normalized spacial score (nSPS) is 14.6. The summed E-state index contributed by atoms with van der Waals surface area (Å²) < 4.78 is 68.6. The topological polar surface area (TPSA) is 237 Å². The zero-order valence-corrected chi connectivity index (χ0v) is 65.5. The molecule has 97 heavy (non-hydrogen) atoms. The summed E-state index contributed by atoms with van der Waals surface area (Å²) in [5.74, 6) is 0.971. The highest BCUT2D eigenvalue weighted by atomic mass is 31.2. The van der Waals surface area contributed by atoms with Crippen molar-refractivity contribution in [2.75, 3.05) is 39.6 Å². The van der Waals surface area contributed by atoms with Gasteiger partial charge in [0.2, 0.25) is 0 Å². The standard InChI is InChI=1S/C78H152O17P2/c1-9-70(7)56-48-40-32-28-29-35-45-53-61-78(83)95-74(65-89-76(81)59-51-43-37-36-41-49-57-71(8)10-2)67-93-97(86,87)91-63-72(79)62-90-96(84,85)92-66-73(64-88-75(80)58-50-42-33-26-23-19-21-25-31-39-47-55-69(5)6)94-77(82)60-52-44-34-27-22-18-16-14-12-11-13-15-17-20-24-30-38-46-54-68(3)4/h68-74,79H,9-67H2,1-8H3,(H,84,85)(H,86,87)/t70?,71?,72-,73-,74-/m1/s1. The molecule has 0 fully saturated rings. The molecule has 0 aromatic rings. The number of unbranched alkanes of at least 4 members (excludes halogenated alkanes) is 39. The molecule has 0 bridgehead atoms. The molecule has 0 spiro atoms. The van der Waals surface area contributed by atoms with Crippen molar-refractivity contribution >= 4 is 39.5 Å². The Hall–Kier alpha value is -1.94. The molecule has 19 heteroatoms. The van der Waals surface area contributed by atoms with Crippen molar-refractivity contribution in [3.05, 3.63) is 0 Å². The predicted octanol–water partition coefficient (Wildman–Crippen LogP) is 22.8. The van der Waals surface area contributed by atoms with Crippen LogP contribution < -0.4 is 0 Å². The number of hydrogen-bond donors (Lipinski definition) is 3. The molecule has 0 saturated heterocycles. The molecule has 4 unspecified atom stereocenters. The number of aliphatic hydroxyl groups is 1. The first-order valence-electron chi connectivity index (χ1n) is 40.3. The van der Waals surface area contributed by atoms with Crippen LogP contribution in [-0.4, -0.2) is 96.7 Å². The van der Waals surface area contributed by atoms with Gasteiger partial charge < -0.3 is 33.8 Å². The first-order chi connectivity index (χ1) is 46.7. The fourth-order valence-corrected chi connectivity index (χ4v) is 13.4. The molecular weight excluding hydrogens is 1270 g/mol. The van der Waals surface area contributed by atoms with Crippen LogP contribution >= 0.6 is 15.6 Å². The summed E-state index contributed by atoms with van der Waals surface area (Å²) in [6.07, 6.45) is 52.8. The van der Waals surface area contributed by atoms with Crippen molar-refractivity contribution in [1.82, 2.24) is 0 Å². The van der Waals surface area contributed by atoms with Gasteiger partial charge in [0.25, 0.3) is 0 Å². The van der Waals surface area contributed by atoms with Gasteiger partial charge in [0.15, 0.2) is 12.2 Å². The highest BCUT2D eigenvalue weighted by Crippen LogP contribution is 2.45. The summed E-state index contributed by atoms with van der Waals surface area (Å²) >= 11 is 0. The quantitative estimate of drug-likeness (QED) is 0.0222. The van der Waals surface area contributed by atoms with Crippen molar-refractivity contribution in [1.29, 1.82) is 0 Å². The van der Waals surface area contributed by atoms with E-state index in [1.165, 1.54) is 193 Å². The lowest BCUT2D eigenvalue weighted by Crippen LogP contribution is -2.30. The Labute approximate surface area is 594 Å². The lowest BCUT2D eigenvalue weighted by Gasteiger charge is -2.21. The molecule has 0 rings (SSSR count). The molecule has 0 aromatic heterocycles. The SMILES string of the molecule is CCC(C)CCCCCCCCCCC(=O)O[C@H](COC(=O)CCCCCCCCC(C)CC)COP(=O)(O)OC[C@H](O)COP(=O)(O)OC[C@@H](COC(=O)CCCCCCCCCCCCCC(C)C)OC(=O)CCCCCCCCCCCCCCCCCCCCC(C)C. The van der Waals surface area contributed by atoms with Gasteiger partial charge in [0.05, 0.1) is 26.4 Å². The summed E-state index contributed by atoms with van der Waals surface area (Å²) in [5.41, 5.74) is 0. The number of phosphoric acid groups is 2. The molecule has 0 aliphatic rings. The van der Waals surface area contributed by atoms with Gasteiger partial charge in [-0.3, -0.25) is 37.3 Å². The maximum atomic E-state index is 13.1. The molecule has 0 amide bonds. The average Bonchev–Trinajstić information content (AvgIpc) is 1.72. The lowest BCUT2D eigenvalue weighted by atomic mass is 9.99. The largest absolute Gasteiger partial charge is 0.472 e. The van der Waals surface area contributed by atoms with Crippen molar-refractivity contribution < 1.29 is 80.2 Å². The van der Waals surface area contributed by atoms with Crippen LogP contribution in [-0.2, 0) is 65.4 Å². The highest BCUT2D eigenvalue weighted by Gasteiger charge is 2.30. The van der Waals surface area contributed by atoms with Crippen molar-refractivity contribution in [3.63, 3.8) is 0 Å². The molecule has 3 N–H and O–H groups in total. The first-order valence-corrected chi connectivity index (χ1v) is 43.3. The Kier molecular flexibility index (Phi) is 65.9. The third kappa shape index (κ3) is 69.5. The monoisotopic (exact) mass is 1420 g/mol. The average molecular weight is 1420 g/mol. The van der Waals surface area contributed by atoms with E-state index < -0.39 is 97.5 Å². The predicted molar refractivity (Wildman–Crippen MR) is 395 cm³/mol. The van der Waals surface area contributed by atoms with E-state index in [0.29, 0.717) is 25.7 Å². The third-order valence-electron chi connectivity index (χ3n) is 18.8. The Balaban J connectivity index is 5.22. The zero-order chi connectivity index (χ0) is 71.7. The van der Waals surface area contributed by atoms with Crippen LogP contribution in [0.5, 0.6) is 0 Å². The summed E-state index contributed by atoms with van der Waals surface area (Å²) in [7, 11) is -9.92. The minimum Gasteiger partial charge on any atom is -0.462 e. The van der Waals surface area contributed by atoms with Gasteiger partial charge in [-0.2, -0.15) is 0 Å². The minimum atomic E-state index is -4.96. The second-order valence-corrected chi connectivity index (χ2v) is 32.4. The number of ether oxygens (including phenoxy) is 4. The number of carbonyl (C=O) groups excluding carboxylic acids is 4. The van der Waals surface area contributed by atoms with E-state index in [4.69, 9.17) is 37.0 Å². The van der Waals surface area contributed by atoms with Crippen LogP contribution in [0.1, 0.15) is 396 Å². The van der Waals surface area contributed by atoms with Crippen LogP contribution in [0, 0.1) is 23.7 Å². The molecule has 0 aliphatic heterocycles. The Morgan fingerprint density at radius 1 is 0.289 bits per heavy atom. The first kappa shape index (κ1) is 95.1. The fourth-order valence-electron chi connectivity index (χ4n) is 11.8. The summed E-state index contributed by atoms with van der Waals surface area (Å²) in [6, 6.07) is 0. The van der Waals surface area contributed by atoms with Gasteiger partial charge in [0.1, 0.15) is 19.3 Å². The third-order valence-corrected chi connectivity index (χ3v) is 20.7. The molecule has 7 atom stereocenters. The molecule has 0 radical (unpaired) electrons. The van der Waals surface area contributed by atoms with Crippen molar-refractivity contribution in [2.45, 2.75) is 414 Å². The summed E-state index contributed by atoms with van der Waals surface area (Å²) in [4.78, 5) is 72.9. The van der Waals surface area contributed by atoms with Gasteiger partial charge in [-0.25, -0.2) is 9.13 Å². The number of carbonyl (C=O) groups is 4.